The van der Waals surface area contributed by atoms with Crippen molar-refractivity contribution in [3.05, 3.63) is 0 Å². The second-order valence-corrected chi connectivity index (χ2v) is 11.1. The molecule has 1 unspecified atom stereocenters. The number of esters is 1. The van der Waals surface area contributed by atoms with E-state index in [-0.39, 0.29) is 5.97 Å². The number of hydrogen-bond acceptors (Lipinski definition) is 3. The SMILES string of the molecule is CCCCC(CC)COC(=O)CCCCCCCCCCCCCCCCCCCCCCC(=O)O. The first-order valence-corrected chi connectivity index (χ1v) is 16.0. The minimum atomic E-state index is -0.660. The van der Waals surface area contributed by atoms with Gasteiger partial charge in [0.25, 0.3) is 0 Å². The van der Waals surface area contributed by atoms with Gasteiger partial charge in [0, 0.05) is 12.8 Å². The van der Waals surface area contributed by atoms with E-state index in [1.807, 2.05) is 0 Å². The number of carboxylic acid groups (broad SMARTS) is 1. The zero-order valence-corrected chi connectivity index (χ0v) is 24.3. The highest BCUT2D eigenvalue weighted by Gasteiger charge is 2.09. The molecule has 0 saturated heterocycles. The van der Waals surface area contributed by atoms with Crippen LogP contribution in [0.4, 0.5) is 0 Å². The van der Waals surface area contributed by atoms with Crippen LogP contribution in [0.2, 0.25) is 0 Å². The summed E-state index contributed by atoms with van der Waals surface area (Å²) in [6.45, 7) is 5.03. The molecular weight excluding hydrogens is 448 g/mol. The maximum absolute atomic E-state index is 11.9. The summed E-state index contributed by atoms with van der Waals surface area (Å²) in [5, 5.41) is 8.62. The average Bonchev–Trinajstić information content (AvgIpc) is 2.87. The molecule has 1 atom stereocenters. The Morgan fingerprint density at radius 3 is 1.25 bits per heavy atom. The Bertz CT molecular complexity index is 477. The lowest BCUT2D eigenvalue weighted by Gasteiger charge is -2.14. The molecule has 1 N–H and O–H groups in total. The topological polar surface area (TPSA) is 63.6 Å². The van der Waals surface area contributed by atoms with Gasteiger partial charge < -0.3 is 9.84 Å². The van der Waals surface area contributed by atoms with Crippen LogP contribution in [-0.2, 0) is 14.3 Å². The van der Waals surface area contributed by atoms with Crippen molar-refractivity contribution >= 4 is 11.9 Å². The third-order valence-corrected chi connectivity index (χ3v) is 7.54. The fourth-order valence-electron chi connectivity index (χ4n) is 4.91. The van der Waals surface area contributed by atoms with Gasteiger partial charge in [0.1, 0.15) is 0 Å². The molecule has 0 aliphatic rings. The molecule has 0 aliphatic carbocycles. The summed E-state index contributed by atoms with van der Waals surface area (Å²) in [5.41, 5.74) is 0. The highest BCUT2D eigenvalue weighted by Crippen LogP contribution is 2.16. The number of carbonyl (C=O) groups excluding carboxylic acids is 1. The monoisotopic (exact) mass is 510 g/mol. The number of rotatable bonds is 29. The van der Waals surface area contributed by atoms with Crippen LogP contribution < -0.4 is 0 Å². The lowest BCUT2D eigenvalue weighted by Crippen LogP contribution is -2.13. The molecular formula is C32H62O4. The molecule has 0 aromatic carbocycles. The first kappa shape index (κ1) is 34.9. The molecule has 36 heavy (non-hydrogen) atoms. The van der Waals surface area contributed by atoms with Crippen LogP contribution in [0.15, 0.2) is 0 Å². The Morgan fingerprint density at radius 2 is 0.917 bits per heavy atom. The Hall–Kier alpha value is -1.06. The Morgan fingerprint density at radius 1 is 0.556 bits per heavy atom. The molecule has 214 valence electrons. The Kier molecular flexibility index (Phi) is 27.7. The van der Waals surface area contributed by atoms with Gasteiger partial charge in [0.2, 0.25) is 0 Å². The van der Waals surface area contributed by atoms with Gasteiger partial charge in [-0.1, -0.05) is 149 Å². The van der Waals surface area contributed by atoms with Gasteiger partial charge in [-0.15, -0.1) is 0 Å². The van der Waals surface area contributed by atoms with Crippen LogP contribution in [0.3, 0.4) is 0 Å². The number of aliphatic carboxylic acids is 1. The second-order valence-electron chi connectivity index (χ2n) is 11.1. The maximum atomic E-state index is 11.9. The van der Waals surface area contributed by atoms with E-state index in [1.165, 1.54) is 122 Å². The fourth-order valence-corrected chi connectivity index (χ4v) is 4.91. The highest BCUT2D eigenvalue weighted by molar-refractivity contribution is 5.69. The number of hydrogen-bond donors (Lipinski definition) is 1. The normalized spacial score (nSPS) is 12.1. The molecule has 0 spiro atoms. The molecule has 0 fully saturated rings. The standard InChI is InChI=1S/C32H62O4/c1-3-5-26-30(4-2)29-36-32(35)28-25-23-21-19-17-15-13-11-9-7-6-8-10-12-14-16-18-20-22-24-27-31(33)34/h30H,3-29H2,1-2H3,(H,33,34). The largest absolute Gasteiger partial charge is 0.481 e. The summed E-state index contributed by atoms with van der Waals surface area (Å²) in [7, 11) is 0. The lowest BCUT2D eigenvalue weighted by atomic mass is 10.0. The smallest absolute Gasteiger partial charge is 0.305 e. The van der Waals surface area contributed by atoms with Gasteiger partial charge in [-0.2, -0.15) is 0 Å². The predicted octanol–water partition coefficient (Wildman–Crippen LogP) is 10.4. The zero-order chi connectivity index (χ0) is 26.5. The van der Waals surface area contributed by atoms with Gasteiger partial charge in [0.05, 0.1) is 6.61 Å². The zero-order valence-electron chi connectivity index (χ0n) is 24.3. The van der Waals surface area contributed by atoms with E-state index in [1.54, 1.807) is 0 Å². The van der Waals surface area contributed by atoms with Gasteiger partial charge in [-0.05, 0) is 25.2 Å². The van der Waals surface area contributed by atoms with Crippen LogP contribution >= 0.6 is 0 Å². The minimum absolute atomic E-state index is 0.00618. The van der Waals surface area contributed by atoms with Crippen LogP contribution in [-0.4, -0.2) is 23.7 Å². The molecule has 0 aromatic rings. The number of ether oxygens (including phenoxy) is 1. The highest BCUT2D eigenvalue weighted by atomic mass is 16.5. The molecule has 4 nitrogen and oxygen atoms in total. The van der Waals surface area contributed by atoms with Crippen molar-refractivity contribution in [2.45, 2.75) is 181 Å². The van der Waals surface area contributed by atoms with E-state index in [0.717, 1.165) is 32.1 Å². The molecule has 0 amide bonds. The van der Waals surface area contributed by atoms with Gasteiger partial charge in [-0.25, -0.2) is 0 Å². The molecule has 4 heteroatoms. The van der Waals surface area contributed by atoms with Crippen molar-refractivity contribution in [2.24, 2.45) is 5.92 Å². The minimum Gasteiger partial charge on any atom is -0.481 e. The molecule has 0 aromatic heterocycles. The van der Waals surface area contributed by atoms with E-state index >= 15 is 0 Å². The molecule has 0 saturated carbocycles. The second kappa shape index (κ2) is 28.5. The summed E-state index contributed by atoms with van der Waals surface area (Å²) in [5.74, 6) is -0.108. The summed E-state index contributed by atoms with van der Waals surface area (Å²) in [4.78, 5) is 22.4. The molecule has 0 radical (unpaired) electrons. The average molecular weight is 511 g/mol. The first-order valence-electron chi connectivity index (χ1n) is 16.0. The van der Waals surface area contributed by atoms with Crippen molar-refractivity contribution < 1.29 is 19.4 Å². The molecule has 0 aliphatic heterocycles. The summed E-state index contributed by atoms with van der Waals surface area (Å²) >= 11 is 0. The van der Waals surface area contributed by atoms with Crippen LogP contribution in [0.25, 0.3) is 0 Å². The number of carbonyl (C=O) groups is 2. The van der Waals surface area contributed by atoms with E-state index in [0.29, 0.717) is 25.4 Å². The van der Waals surface area contributed by atoms with Crippen LogP contribution in [0.5, 0.6) is 0 Å². The quantitative estimate of drug-likeness (QED) is 0.0802. The Labute approximate surface area is 224 Å². The summed E-state index contributed by atoms with van der Waals surface area (Å²) in [6.07, 6.45) is 31.3. The number of unbranched alkanes of at least 4 members (excludes halogenated alkanes) is 20. The van der Waals surface area contributed by atoms with Crippen molar-refractivity contribution in [3.63, 3.8) is 0 Å². The predicted molar refractivity (Wildman–Crippen MR) is 153 cm³/mol. The van der Waals surface area contributed by atoms with Gasteiger partial charge >= 0.3 is 11.9 Å². The van der Waals surface area contributed by atoms with E-state index in [4.69, 9.17) is 9.84 Å². The molecule has 0 rings (SSSR count). The first-order chi connectivity index (χ1) is 17.6. The molecule has 0 bridgehead atoms. The fraction of sp³-hybridized carbons (Fsp3) is 0.938. The van der Waals surface area contributed by atoms with E-state index in [9.17, 15) is 9.59 Å². The van der Waals surface area contributed by atoms with Crippen molar-refractivity contribution in [2.75, 3.05) is 6.61 Å². The van der Waals surface area contributed by atoms with Crippen molar-refractivity contribution in [1.29, 1.82) is 0 Å². The lowest BCUT2D eigenvalue weighted by molar-refractivity contribution is -0.145. The van der Waals surface area contributed by atoms with Gasteiger partial charge in [-0.3, -0.25) is 9.59 Å². The maximum Gasteiger partial charge on any atom is 0.305 e. The van der Waals surface area contributed by atoms with E-state index < -0.39 is 5.97 Å². The summed E-state index contributed by atoms with van der Waals surface area (Å²) < 4.78 is 5.49. The van der Waals surface area contributed by atoms with Crippen LogP contribution in [0.1, 0.15) is 181 Å². The van der Waals surface area contributed by atoms with E-state index in [2.05, 4.69) is 13.8 Å². The third kappa shape index (κ3) is 27.5. The number of carboxylic acids is 1. The third-order valence-electron chi connectivity index (χ3n) is 7.54. The van der Waals surface area contributed by atoms with Crippen molar-refractivity contribution in [3.8, 4) is 0 Å². The Balaban J connectivity index is 3.21. The van der Waals surface area contributed by atoms with Crippen LogP contribution in [0, 0.1) is 5.92 Å². The molecule has 0 heterocycles. The van der Waals surface area contributed by atoms with Crippen molar-refractivity contribution in [1.82, 2.24) is 0 Å². The van der Waals surface area contributed by atoms with Gasteiger partial charge in [0.15, 0.2) is 0 Å². The summed E-state index contributed by atoms with van der Waals surface area (Å²) in [6, 6.07) is 0.